The molecule has 0 saturated carbocycles. The van der Waals surface area contributed by atoms with Gasteiger partial charge in [-0.3, -0.25) is 4.98 Å². The average Bonchev–Trinajstić information content (AvgIpc) is 2.49. The van der Waals surface area contributed by atoms with E-state index in [9.17, 15) is 0 Å². The van der Waals surface area contributed by atoms with Crippen LogP contribution in [0.2, 0.25) is 5.02 Å². The molecule has 0 spiro atoms. The Hall–Kier alpha value is -1.85. The molecule has 0 aliphatic heterocycles. The van der Waals surface area contributed by atoms with E-state index in [1.807, 2.05) is 24.3 Å². The molecule has 1 heterocycles. The minimum Gasteiger partial charge on any atom is -0.383 e. The summed E-state index contributed by atoms with van der Waals surface area (Å²) in [5.41, 5.74) is 1.91. The first-order valence-electron chi connectivity index (χ1n) is 6.61. The summed E-state index contributed by atoms with van der Waals surface area (Å²) in [4.78, 5) is 4.31. The third-order valence-electron chi connectivity index (χ3n) is 2.84. The van der Waals surface area contributed by atoms with Crippen LogP contribution in [0.3, 0.4) is 0 Å². The lowest BCUT2D eigenvalue weighted by Crippen LogP contribution is -2.37. The molecule has 6 heteroatoms. The van der Waals surface area contributed by atoms with Crippen molar-refractivity contribution in [3.05, 3.63) is 48.1 Å². The van der Waals surface area contributed by atoms with Crippen molar-refractivity contribution in [2.45, 2.75) is 0 Å². The second-order valence-corrected chi connectivity index (χ2v) is 5.22. The maximum Gasteiger partial charge on any atom is 0.166 e. The Labute approximate surface area is 134 Å². The van der Waals surface area contributed by atoms with Gasteiger partial charge in [0.2, 0.25) is 0 Å². The fraction of sp³-hybridized carbons (Fsp3) is 0.200. The smallest absolute Gasteiger partial charge is 0.166 e. The number of pyridine rings is 1. The molecule has 0 unspecified atom stereocenters. The van der Waals surface area contributed by atoms with Gasteiger partial charge in [-0.1, -0.05) is 17.7 Å². The lowest BCUT2D eigenvalue weighted by molar-refractivity contribution is 0.872. The molecule has 21 heavy (non-hydrogen) atoms. The minimum absolute atomic E-state index is 0.628. The van der Waals surface area contributed by atoms with E-state index in [2.05, 4.69) is 27.5 Å². The Morgan fingerprint density at radius 1 is 1.29 bits per heavy atom. The highest BCUT2D eigenvalue weighted by Gasteiger charge is 2.02. The highest BCUT2D eigenvalue weighted by molar-refractivity contribution is 7.80. The number of nitrogens with zero attached hydrogens (tertiary/aromatic N) is 1. The van der Waals surface area contributed by atoms with Crippen LogP contribution in [0.4, 0.5) is 5.69 Å². The molecule has 2 rings (SSSR count). The van der Waals surface area contributed by atoms with Crippen molar-refractivity contribution in [1.29, 1.82) is 0 Å². The molecule has 0 aliphatic rings. The van der Waals surface area contributed by atoms with Gasteiger partial charge in [-0.2, -0.15) is 0 Å². The van der Waals surface area contributed by atoms with Crippen molar-refractivity contribution in [1.82, 2.24) is 15.6 Å². The molecule has 110 valence electrons. The molecule has 0 atom stereocenters. The van der Waals surface area contributed by atoms with Crippen molar-refractivity contribution >= 4 is 45.5 Å². The summed E-state index contributed by atoms with van der Waals surface area (Å²) in [5.74, 6) is 0. The maximum atomic E-state index is 5.98. The molecule has 0 amide bonds. The Balaban J connectivity index is 1.89. The van der Waals surface area contributed by atoms with Crippen LogP contribution in [0.25, 0.3) is 10.9 Å². The van der Waals surface area contributed by atoms with E-state index >= 15 is 0 Å². The highest BCUT2D eigenvalue weighted by Crippen LogP contribution is 2.23. The molecule has 1 aromatic carbocycles. The van der Waals surface area contributed by atoms with E-state index in [1.54, 1.807) is 12.3 Å². The van der Waals surface area contributed by atoms with Crippen molar-refractivity contribution in [3.8, 4) is 0 Å². The quantitative estimate of drug-likeness (QED) is 0.434. The number of nitrogens with one attached hydrogen (secondary N) is 3. The number of hydrogen-bond acceptors (Lipinski definition) is 3. The number of anilines is 1. The van der Waals surface area contributed by atoms with Crippen LogP contribution in [0, 0.1) is 0 Å². The van der Waals surface area contributed by atoms with Crippen molar-refractivity contribution in [2.24, 2.45) is 0 Å². The van der Waals surface area contributed by atoms with Gasteiger partial charge in [-0.15, -0.1) is 6.58 Å². The molecule has 1 aromatic heterocycles. The van der Waals surface area contributed by atoms with Crippen molar-refractivity contribution in [3.63, 3.8) is 0 Å². The Morgan fingerprint density at radius 2 is 2.14 bits per heavy atom. The number of benzene rings is 1. The SMILES string of the molecule is C=CCNC(=S)NCCNc1ccnc2cc(Cl)ccc12. The zero-order chi connectivity index (χ0) is 15.1. The normalized spacial score (nSPS) is 10.1. The summed E-state index contributed by atoms with van der Waals surface area (Å²) in [5, 5.41) is 11.9. The Morgan fingerprint density at radius 3 is 2.95 bits per heavy atom. The molecule has 3 N–H and O–H groups in total. The molecular formula is C15H17ClN4S. The highest BCUT2D eigenvalue weighted by atomic mass is 35.5. The van der Waals surface area contributed by atoms with Crippen molar-refractivity contribution < 1.29 is 0 Å². The van der Waals surface area contributed by atoms with Crippen molar-refractivity contribution in [2.75, 3.05) is 25.0 Å². The fourth-order valence-electron chi connectivity index (χ4n) is 1.88. The number of rotatable bonds is 6. The predicted octanol–water partition coefficient (Wildman–Crippen LogP) is 2.95. The summed E-state index contributed by atoms with van der Waals surface area (Å²) >= 11 is 11.1. The lowest BCUT2D eigenvalue weighted by Gasteiger charge is -2.12. The van der Waals surface area contributed by atoms with E-state index in [1.165, 1.54) is 0 Å². The maximum absolute atomic E-state index is 5.98. The topological polar surface area (TPSA) is 49.0 Å². The van der Waals surface area contributed by atoms with Crippen LogP contribution >= 0.6 is 23.8 Å². The monoisotopic (exact) mass is 320 g/mol. The van der Waals surface area contributed by atoms with Crippen LogP contribution in [0.15, 0.2) is 43.1 Å². The van der Waals surface area contributed by atoms with E-state index in [0.29, 0.717) is 16.7 Å². The van der Waals surface area contributed by atoms with Crippen LogP contribution in [0.5, 0.6) is 0 Å². The second-order valence-electron chi connectivity index (χ2n) is 4.37. The molecule has 2 aromatic rings. The minimum atomic E-state index is 0.628. The molecular weight excluding hydrogens is 304 g/mol. The molecule has 0 saturated heterocycles. The fourth-order valence-corrected chi connectivity index (χ4v) is 2.23. The van der Waals surface area contributed by atoms with Gasteiger partial charge in [-0.25, -0.2) is 0 Å². The van der Waals surface area contributed by atoms with E-state index in [-0.39, 0.29) is 0 Å². The first-order valence-corrected chi connectivity index (χ1v) is 7.40. The van der Waals surface area contributed by atoms with Gasteiger partial charge < -0.3 is 16.0 Å². The van der Waals surface area contributed by atoms with Gasteiger partial charge in [0.05, 0.1) is 5.52 Å². The Kier molecular flexibility index (Phi) is 5.78. The summed E-state index contributed by atoms with van der Waals surface area (Å²) in [6.07, 6.45) is 3.53. The van der Waals surface area contributed by atoms with Gasteiger partial charge >= 0.3 is 0 Å². The molecule has 4 nitrogen and oxygen atoms in total. The first-order chi connectivity index (χ1) is 10.2. The zero-order valence-electron chi connectivity index (χ0n) is 11.5. The Bertz CT molecular complexity index is 645. The molecule has 0 bridgehead atoms. The van der Waals surface area contributed by atoms with Gasteiger partial charge in [0.1, 0.15) is 0 Å². The van der Waals surface area contributed by atoms with Gasteiger partial charge in [0.15, 0.2) is 5.11 Å². The average molecular weight is 321 g/mol. The number of aromatic nitrogens is 1. The molecule has 0 fully saturated rings. The summed E-state index contributed by atoms with van der Waals surface area (Å²) in [7, 11) is 0. The van der Waals surface area contributed by atoms with E-state index < -0.39 is 0 Å². The molecule has 0 radical (unpaired) electrons. The summed E-state index contributed by atoms with van der Waals surface area (Å²) in [6.45, 7) is 5.76. The number of fused-ring (bicyclic) bond motifs is 1. The van der Waals surface area contributed by atoms with E-state index in [0.717, 1.165) is 29.7 Å². The third-order valence-corrected chi connectivity index (χ3v) is 3.36. The number of hydrogen-bond donors (Lipinski definition) is 3. The third kappa shape index (κ3) is 4.58. The zero-order valence-corrected chi connectivity index (χ0v) is 13.1. The summed E-state index contributed by atoms with van der Waals surface area (Å²) < 4.78 is 0. The van der Waals surface area contributed by atoms with Gasteiger partial charge in [0.25, 0.3) is 0 Å². The first kappa shape index (κ1) is 15.5. The lowest BCUT2D eigenvalue weighted by atomic mass is 10.2. The van der Waals surface area contributed by atoms with Crippen LogP contribution in [-0.4, -0.2) is 29.7 Å². The number of halogens is 1. The van der Waals surface area contributed by atoms with Gasteiger partial charge in [-0.05, 0) is 36.5 Å². The van der Waals surface area contributed by atoms with Crippen LogP contribution < -0.4 is 16.0 Å². The standard InChI is InChI=1S/C15H17ClN4S/c1-2-6-19-15(21)20-9-8-18-13-5-7-17-14-10-11(16)3-4-12(13)14/h2-5,7,10H,1,6,8-9H2,(H,17,18)(H2,19,20,21). The van der Waals surface area contributed by atoms with Crippen LogP contribution in [0.1, 0.15) is 0 Å². The van der Waals surface area contributed by atoms with Gasteiger partial charge in [0, 0.05) is 41.9 Å². The second kappa shape index (κ2) is 7.81. The van der Waals surface area contributed by atoms with Crippen LogP contribution in [-0.2, 0) is 0 Å². The largest absolute Gasteiger partial charge is 0.383 e. The van der Waals surface area contributed by atoms with E-state index in [4.69, 9.17) is 23.8 Å². The summed E-state index contributed by atoms with van der Waals surface area (Å²) in [6, 6.07) is 7.64. The number of thiocarbonyl (C=S) groups is 1. The predicted molar refractivity (Wildman–Crippen MR) is 94.0 cm³/mol. The molecule has 0 aliphatic carbocycles.